The van der Waals surface area contributed by atoms with Crippen molar-refractivity contribution in [1.29, 1.82) is 0 Å². The molecule has 1 aliphatic rings. The lowest BCUT2D eigenvalue weighted by molar-refractivity contribution is 0.154. The Morgan fingerprint density at radius 2 is 1.97 bits per heavy atom. The number of aromatic nitrogens is 2. The number of aryl methyl sites for hydroxylation is 1. The van der Waals surface area contributed by atoms with Gasteiger partial charge in [-0.1, -0.05) is 6.92 Å². The molecule has 0 saturated carbocycles. The largest absolute Gasteiger partial charge is 0.507 e. The molecule has 4 heterocycles. The van der Waals surface area contributed by atoms with Gasteiger partial charge >= 0.3 is 0 Å². The topological polar surface area (TPSA) is 71.5 Å². The van der Waals surface area contributed by atoms with Crippen molar-refractivity contribution in [1.82, 2.24) is 14.5 Å². The Hall–Kier alpha value is -2.86. The molecule has 29 heavy (non-hydrogen) atoms. The van der Waals surface area contributed by atoms with E-state index in [1.807, 2.05) is 31.2 Å². The van der Waals surface area contributed by atoms with E-state index in [0.717, 1.165) is 31.5 Å². The minimum absolute atomic E-state index is 0.0450. The Kier molecular flexibility index (Phi) is 5.53. The number of furan rings is 1. The monoisotopic (exact) mass is 393 g/mol. The van der Waals surface area contributed by atoms with Gasteiger partial charge in [0.15, 0.2) is 0 Å². The van der Waals surface area contributed by atoms with Crippen LogP contribution in [-0.2, 0) is 6.54 Å². The van der Waals surface area contributed by atoms with E-state index in [4.69, 9.17) is 4.42 Å². The predicted molar refractivity (Wildman–Crippen MR) is 111 cm³/mol. The molecule has 1 saturated heterocycles. The number of hydrogen-bond donors (Lipinski definition) is 1. The standard InChI is InChI=1S/C23H27N3O3/c1-16-7-11-25(12-8-16)22(18-5-9-24-10-6-18)21-20(27)14-17(2)26(23(21)28)15-19-4-3-13-29-19/h3-6,9-10,13-14,16,22,27H,7-8,11-12,15H2,1-2H3. The smallest absolute Gasteiger partial charge is 0.260 e. The van der Waals surface area contributed by atoms with E-state index in [2.05, 4.69) is 16.8 Å². The molecule has 0 aliphatic carbocycles. The number of pyridine rings is 2. The molecule has 0 spiro atoms. The molecule has 1 unspecified atom stereocenters. The van der Waals surface area contributed by atoms with Crippen LogP contribution in [0, 0.1) is 12.8 Å². The van der Waals surface area contributed by atoms with E-state index in [0.29, 0.717) is 29.5 Å². The zero-order valence-electron chi connectivity index (χ0n) is 16.9. The second-order valence-electron chi connectivity index (χ2n) is 7.96. The number of hydrogen-bond acceptors (Lipinski definition) is 5. The van der Waals surface area contributed by atoms with E-state index in [-0.39, 0.29) is 17.4 Å². The predicted octanol–water partition coefficient (Wildman–Crippen LogP) is 3.72. The fourth-order valence-corrected chi connectivity index (χ4v) is 4.17. The molecule has 0 aromatic carbocycles. The molecule has 3 aromatic heterocycles. The first kappa shape index (κ1) is 19.5. The number of likely N-dealkylation sites (tertiary alicyclic amines) is 1. The average molecular weight is 393 g/mol. The molecule has 1 aliphatic heterocycles. The Morgan fingerprint density at radius 3 is 2.62 bits per heavy atom. The van der Waals surface area contributed by atoms with Gasteiger partial charge in [0.25, 0.3) is 5.56 Å². The summed E-state index contributed by atoms with van der Waals surface area (Å²) in [7, 11) is 0. The number of rotatable bonds is 5. The van der Waals surface area contributed by atoms with Gasteiger partial charge in [0.05, 0.1) is 24.4 Å². The third-order valence-electron chi connectivity index (χ3n) is 5.90. The molecule has 152 valence electrons. The van der Waals surface area contributed by atoms with Crippen LogP contribution >= 0.6 is 0 Å². The lowest BCUT2D eigenvalue weighted by Crippen LogP contribution is -2.40. The number of nitrogens with zero attached hydrogens (tertiary/aromatic N) is 3. The Bertz CT molecular complexity index is 1000. The summed E-state index contributed by atoms with van der Waals surface area (Å²) in [6.07, 6.45) is 7.23. The third kappa shape index (κ3) is 3.98. The summed E-state index contributed by atoms with van der Waals surface area (Å²) in [5.41, 5.74) is 1.91. The highest BCUT2D eigenvalue weighted by Crippen LogP contribution is 2.35. The molecular formula is C23H27N3O3. The fourth-order valence-electron chi connectivity index (χ4n) is 4.17. The van der Waals surface area contributed by atoms with Crippen LogP contribution in [0.3, 0.4) is 0 Å². The van der Waals surface area contributed by atoms with Gasteiger partial charge in [0.2, 0.25) is 0 Å². The molecular weight excluding hydrogens is 366 g/mol. The number of piperidine rings is 1. The Balaban J connectivity index is 1.82. The zero-order valence-corrected chi connectivity index (χ0v) is 16.9. The van der Waals surface area contributed by atoms with Crippen LogP contribution in [0.15, 0.2) is 58.2 Å². The normalized spacial score (nSPS) is 16.8. The second kappa shape index (κ2) is 8.25. The molecule has 3 aromatic rings. The second-order valence-corrected chi connectivity index (χ2v) is 7.96. The van der Waals surface area contributed by atoms with Crippen molar-refractivity contribution >= 4 is 0 Å². The van der Waals surface area contributed by atoms with Crippen LogP contribution in [0.25, 0.3) is 0 Å². The van der Waals surface area contributed by atoms with Crippen LogP contribution in [-0.4, -0.2) is 32.6 Å². The molecule has 0 radical (unpaired) electrons. The summed E-state index contributed by atoms with van der Waals surface area (Å²) >= 11 is 0. The fraction of sp³-hybridized carbons (Fsp3) is 0.391. The van der Waals surface area contributed by atoms with E-state index < -0.39 is 0 Å². The van der Waals surface area contributed by atoms with Gasteiger partial charge < -0.3 is 14.1 Å². The van der Waals surface area contributed by atoms with Crippen LogP contribution in [0.1, 0.15) is 48.4 Å². The van der Waals surface area contributed by atoms with Crippen LogP contribution < -0.4 is 5.56 Å². The van der Waals surface area contributed by atoms with Crippen molar-refractivity contribution in [3.05, 3.63) is 81.9 Å². The first-order valence-electron chi connectivity index (χ1n) is 10.1. The Morgan fingerprint density at radius 1 is 1.24 bits per heavy atom. The van der Waals surface area contributed by atoms with Crippen molar-refractivity contribution in [2.75, 3.05) is 13.1 Å². The highest BCUT2D eigenvalue weighted by Gasteiger charge is 2.31. The summed E-state index contributed by atoms with van der Waals surface area (Å²) in [6.45, 7) is 6.21. The lowest BCUT2D eigenvalue weighted by atomic mass is 9.92. The summed E-state index contributed by atoms with van der Waals surface area (Å²) in [4.78, 5) is 20.0. The van der Waals surface area contributed by atoms with Gasteiger partial charge in [-0.25, -0.2) is 0 Å². The van der Waals surface area contributed by atoms with Gasteiger partial charge in [0, 0.05) is 18.1 Å². The maximum atomic E-state index is 13.6. The van der Waals surface area contributed by atoms with Crippen molar-refractivity contribution in [2.45, 2.75) is 39.3 Å². The summed E-state index contributed by atoms with van der Waals surface area (Å²) in [6, 6.07) is 8.90. The van der Waals surface area contributed by atoms with E-state index >= 15 is 0 Å². The summed E-state index contributed by atoms with van der Waals surface area (Å²) < 4.78 is 7.13. The molecule has 1 fully saturated rings. The molecule has 6 heteroatoms. The average Bonchev–Trinajstić information content (AvgIpc) is 3.23. The SMILES string of the molecule is Cc1cc(O)c(C(c2ccncc2)N2CCC(C)CC2)c(=O)n1Cc1ccco1. The van der Waals surface area contributed by atoms with E-state index in [9.17, 15) is 9.90 Å². The van der Waals surface area contributed by atoms with Crippen molar-refractivity contribution < 1.29 is 9.52 Å². The molecule has 4 rings (SSSR count). The minimum atomic E-state index is -0.304. The summed E-state index contributed by atoms with van der Waals surface area (Å²) in [5.74, 6) is 1.43. The molecule has 6 nitrogen and oxygen atoms in total. The zero-order chi connectivity index (χ0) is 20.4. The molecule has 0 amide bonds. The van der Waals surface area contributed by atoms with Crippen LogP contribution in [0.5, 0.6) is 5.75 Å². The molecule has 1 atom stereocenters. The first-order chi connectivity index (χ1) is 14.0. The lowest BCUT2D eigenvalue weighted by Gasteiger charge is -2.37. The van der Waals surface area contributed by atoms with Gasteiger partial charge in [-0.3, -0.25) is 14.7 Å². The maximum Gasteiger partial charge on any atom is 0.260 e. The van der Waals surface area contributed by atoms with Crippen LogP contribution in [0.4, 0.5) is 0 Å². The van der Waals surface area contributed by atoms with Crippen LogP contribution in [0.2, 0.25) is 0 Å². The van der Waals surface area contributed by atoms with Crippen molar-refractivity contribution in [3.63, 3.8) is 0 Å². The van der Waals surface area contributed by atoms with Gasteiger partial charge in [-0.15, -0.1) is 0 Å². The number of aromatic hydroxyl groups is 1. The Labute approximate surface area is 170 Å². The molecule has 1 N–H and O–H groups in total. The van der Waals surface area contributed by atoms with Crippen molar-refractivity contribution in [2.24, 2.45) is 5.92 Å². The minimum Gasteiger partial charge on any atom is -0.507 e. The van der Waals surface area contributed by atoms with Gasteiger partial charge in [-0.05, 0) is 74.7 Å². The van der Waals surface area contributed by atoms with Gasteiger partial charge in [0.1, 0.15) is 11.5 Å². The first-order valence-corrected chi connectivity index (χ1v) is 10.1. The molecule has 0 bridgehead atoms. The third-order valence-corrected chi connectivity index (χ3v) is 5.90. The highest BCUT2D eigenvalue weighted by molar-refractivity contribution is 5.40. The highest BCUT2D eigenvalue weighted by atomic mass is 16.3. The van der Waals surface area contributed by atoms with Gasteiger partial charge in [-0.2, -0.15) is 0 Å². The van der Waals surface area contributed by atoms with E-state index in [1.165, 1.54) is 0 Å². The van der Waals surface area contributed by atoms with E-state index in [1.54, 1.807) is 29.3 Å². The van der Waals surface area contributed by atoms with Crippen molar-refractivity contribution in [3.8, 4) is 5.75 Å². The summed E-state index contributed by atoms with van der Waals surface area (Å²) in [5, 5.41) is 10.9. The quantitative estimate of drug-likeness (QED) is 0.715. The maximum absolute atomic E-state index is 13.6.